The van der Waals surface area contributed by atoms with E-state index in [1.807, 2.05) is 10.6 Å². The quantitative estimate of drug-likeness (QED) is 0.471. The first-order valence-corrected chi connectivity index (χ1v) is 5.72. The SMILES string of the molecule is O=[N+]([O-])c1cccc(-c2[nH]nc3[n+]2CCCN3)c1. The first-order chi connectivity index (χ1) is 8.75. The molecule has 0 bridgehead atoms. The average Bonchev–Trinajstić information content (AvgIpc) is 2.82. The largest absolute Gasteiger partial charge is 0.377 e. The van der Waals surface area contributed by atoms with Crippen LogP contribution in [-0.2, 0) is 6.54 Å². The molecule has 2 heterocycles. The second-order valence-corrected chi connectivity index (χ2v) is 4.14. The van der Waals surface area contributed by atoms with Crippen LogP contribution in [0.4, 0.5) is 11.6 Å². The zero-order chi connectivity index (χ0) is 12.5. The summed E-state index contributed by atoms with van der Waals surface area (Å²) in [5, 5.41) is 21.0. The fourth-order valence-corrected chi connectivity index (χ4v) is 2.11. The number of fused-ring (bicyclic) bond motifs is 1. The molecule has 7 nitrogen and oxygen atoms in total. The van der Waals surface area contributed by atoms with Crippen LogP contribution in [0, 0.1) is 10.1 Å². The summed E-state index contributed by atoms with van der Waals surface area (Å²) in [6.07, 6.45) is 1.01. The third kappa shape index (κ3) is 1.69. The third-order valence-electron chi connectivity index (χ3n) is 2.97. The molecule has 0 amide bonds. The fraction of sp³-hybridized carbons (Fsp3) is 0.273. The van der Waals surface area contributed by atoms with Crippen molar-refractivity contribution in [3.05, 3.63) is 34.4 Å². The van der Waals surface area contributed by atoms with E-state index >= 15 is 0 Å². The molecule has 3 rings (SSSR count). The van der Waals surface area contributed by atoms with Gasteiger partial charge in [0.05, 0.1) is 18.0 Å². The molecule has 7 heteroatoms. The van der Waals surface area contributed by atoms with Crippen LogP contribution in [0.15, 0.2) is 24.3 Å². The Balaban J connectivity index is 2.07. The van der Waals surface area contributed by atoms with Gasteiger partial charge in [-0.15, -0.1) is 0 Å². The van der Waals surface area contributed by atoms with Crippen LogP contribution >= 0.6 is 0 Å². The maximum absolute atomic E-state index is 10.8. The Morgan fingerprint density at radius 1 is 1.44 bits per heavy atom. The zero-order valence-corrected chi connectivity index (χ0v) is 9.59. The second kappa shape index (κ2) is 4.10. The van der Waals surface area contributed by atoms with E-state index in [0.717, 1.165) is 36.8 Å². The molecular weight excluding hydrogens is 234 g/mol. The number of nitro groups is 1. The molecule has 0 unspecified atom stereocenters. The lowest BCUT2D eigenvalue weighted by Crippen LogP contribution is -2.42. The first-order valence-electron chi connectivity index (χ1n) is 5.72. The number of H-pyrrole nitrogens is 1. The van der Waals surface area contributed by atoms with Crippen molar-refractivity contribution < 1.29 is 9.49 Å². The number of non-ortho nitro benzene ring substituents is 1. The Hall–Kier alpha value is -2.44. The van der Waals surface area contributed by atoms with E-state index in [1.165, 1.54) is 6.07 Å². The number of aromatic nitrogens is 3. The second-order valence-electron chi connectivity index (χ2n) is 4.14. The van der Waals surface area contributed by atoms with Crippen molar-refractivity contribution in [2.45, 2.75) is 13.0 Å². The van der Waals surface area contributed by atoms with Gasteiger partial charge in [0.15, 0.2) is 0 Å². The molecule has 0 saturated carbocycles. The summed E-state index contributed by atoms with van der Waals surface area (Å²) in [6.45, 7) is 1.76. The van der Waals surface area contributed by atoms with E-state index in [9.17, 15) is 10.1 Å². The minimum Gasteiger partial charge on any atom is -0.292 e. The van der Waals surface area contributed by atoms with Crippen molar-refractivity contribution in [2.24, 2.45) is 0 Å². The monoisotopic (exact) mass is 246 g/mol. The molecule has 0 saturated heterocycles. The highest BCUT2D eigenvalue weighted by molar-refractivity contribution is 5.57. The van der Waals surface area contributed by atoms with E-state index in [4.69, 9.17) is 0 Å². The minimum absolute atomic E-state index is 0.0835. The van der Waals surface area contributed by atoms with Crippen molar-refractivity contribution in [3.63, 3.8) is 0 Å². The smallest absolute Gasteiger partial charge is 0.292 e. The molecule has 1 aliphatic heterocycles. The van der Waals surface area contributed by atoms with Gasteiger partial charge < -0.3 is 0 Å². The van der Waals surface area contributed by atoms with Gasteiger partial charge in [-0.3, -0.25) is 15.4 Å². The lowest BCUT2D eigenvalue weighted by Gasteiger charge is -2.10. The van der Waals surface area contributed by atoms with Crippen LogP contribution in [-0.4, -0.2) is 21.7 Å². The number of aromatic amines is 1. The molecular formula is C11H12N5O2+. The summed E-state index contributed by atoms with van der Waals surface area (Å²) in [7, 11) is 0. The van der Waals surface area contributed by atoms with Crippen LogP contribution in [0.5, 0.6) is 0 Å². The van der Waals surface area contributed by atoms with Crippen molar-refractivity contribution in [2.75, 3.05) is 11.9 Å². The molecule has 0 aliphatic carbocycles. The average molecular weight is 246 g/mol. The summed E-state index contributed by atoms with van der Waals surface area (Å²) >= 11 is 0. The summed E-state index contributed by atoms with van der Waals surface area (Å²) < 4.78 is 2.00. The number of hydrogen-bond donors (Lipinski definition) is 2. The maximum Gasteiger partial charge on any atom is 0.377 e. The zero-order valence-electron chi connectivity index (χ0n) is 9.59. The predicted molar refractivity (Wildman–Crippen MR) is 64.0 cm³/mol. The number of anilines is 1. The normalized spacial score (nSPS) is 13.8. The van der Waals surface area contributed by atoms with Gasteiger partial charge in [-0.05, 0) is 6.07 Å². The van der Waals surface area contributed by atoms with Crippen LogP contribution < -0.4 is 9.88 Å². The number of rotatable bonds is 2. The van der Waals surface area contributed by atoms with E-state index < -0.39 is 4.92 Å². The number of hydrogen-bond acceptors (Lipinski definition) is 4. The lowest BCUT2D eigenvalue weighted by atomic mass is 10.2. The topological polar surface area (TPSA) is 87.7 Å². The Morgan fingerprint density at radius 2 is 2.33 bits per heavy atom. The van der Waals surface area contributed by atoms with Gasteiger partial charge in [0.2, 0.25) is 5.82 Å². The van der Waals surface area contributed by atoms with E-state index in [1.54, 1.807) is 12.1 Å². The minimum atomic E-state index is -0.394. The Morgan fingerprint density at radius 3 is 3.17 bits per heavy atom. The van der Waals surface area contributed by atoms with Crippen molar-refractivity contribution in [3.8, 4) is 11.4 Å². The lowest BCUT2D eigenvalue weighted by molar-refractivity contribution is -0.675. The molecule has 2 aromatic rings. The number of nitro benzene ring substituents is 1. The van der Waals surface area contributed by atoms with Gasteiger partial charge >= 0.3 is 5.95 Å². The van der Waals surface area contributed by atoms with Crippen molar-refractivity contribution in [1.82, 2.24) is 10.2 Å². The molecule has 0 fully saturated rings. The van der Waals surface area contributed by atoms with Crippen LogP contribution in [0.2, 0.25) is 0 Å². The molecule has 0 atom stereocenters. The van der Waals surface area contributed by atoms with Gasteiger partial charge in [-0.1, -0.05) is 6.07 Å². The summed E-state index contributed by atoms with van der Waals surface area (Å²) in [6, 6.07) is 6.55. The standard InChI is InChI=1S/C11H11N5O2/c17-16(18)9-4-1-3-8(7-9)10-13-14-11-12-5-2-6-15(10)11/h1,3-4,7H,2,5-6H2,(H,12,14)/p+1. The number of nitrogens with one attached hydrogen (secondary N) is 2. The molecule has 0 spiro atoms. The molecule has 2 N–H and O–H groups in total. The Kier molecular flexibility index (Phi) is 2.44. The summed E-state index contributed by atoms with van der Waals surface area (Å²) in [4.78, 5) is 10.4. The van der Waals surface area contributed by atoms with Gasteiger partial charge in [0, 0.05) is 29.2 Å². The first kappa shape index (κ1) is 10.7. The van der Waals surface area contributed by atoms with E-state index in [2.05, 4.69) is 15.5 Å². The molecule has 1 aromatic carbocycles. The Bertz CT molecular complexity index is 607. The highest BCUT2D eigenvalue weighted by Crippen LogP contribution is 2.21. The summed E-state index contributed by atoms with van der Waals surface area (Å²) in [5.41, 5.74) is 0.854. The van der Waals surface area contributed by atoms with E-state index in [0.29, 0.717) is 0 Å². The highest BCUT2D eigenvalue weighted by Gasteiger charge is 2.23. The van der Waals surface area contributed by atoms with Gasteiger partial charge in [0.25, 0.3) is 5.69 Å². The van der Waals surface area contributed by atoms with E-state index in [-0.39, 0.29) is 5.69 Å². The Labute approximate surface area is 103 Å². The van der Waals surface area contributed by atoms with Crippen LogP contribution in [0.3, 0.4) is 0 Å². The number of nitrogens with zero attached hydrogens (tertiary/aromatic N) is 3. The predicted octanol–water partition coefficient (Wildman–Crippen LogP) is 1.09. The molecule has 0 radical (unpaired) electrons. The number of benzene rings is 1. The fourth-order valence-electron chi connectivity index (χ4n) is 2.11. The van der Waals surface area contributed by atoms with Gasteiger partial charge in [0.1, 0.15) is 0 Å². The maximum atomic E-state index is 10.8. The molecule has 18 heavy (non-hydrogen) atoms. The molecule has 92 valence electrons. The van der Waals surface area contributed by atoms with Crippen LogP contribution in [0.1, 0.15) is 6.42 Å². The third-order valence-corrected chi connectivity index (χ3v) is 2.97. The van der Waals surface area contributed by atoms with Crippen LogP contribution in [0.25, 0.3) is 11.4 Å². The van der Waals surface area contributed by atoms with Crippen molar-refractivity contribution >= 4 is 11.6 Å². The molecule has 1 aliphatic rings. The molecule has 1 aromatic heterocycles. The van der Waals surface area contributed by atoms with Gasteiger partial charge in [-0.25, -0.2) is 4.57 Å². The highest BCUT2D eigenvalue weighted by atomic mass is 16.6. The van der Waals surface area contributed by atoms with Crippen molar-refractivity contribution in [1.29, 1.82) is 0 Å². The summed E-state index contributed by atoms with van der Waals surface area (Å²) in [5.74, 6) is 1.57. The van der Waals surface area contributed by atoms with Gasteiger partial charge in [-0.2, -0.15) is 5.10 Å².